The smallest absolute Gasteiger partial charge is 0.327 e. The molecule has 0 saturated heterocycles. The first kappa shape index (κ1) is 36.3. The Morgan fingerprint density at radius 1 is 0.587 bits per heavy atom. The molecule has 2 atom stereocenters. The summed E-state index contributed by atoms with van der Waals surface area (Å²) < 4.78 is 118. The zero-order chi connectivity index (χ0) is 34.1. The van der Waals surface area contributed by atoms with Crippen molar-refractivity contribution in [3.63, 3.8) is 0 Å². The minimum Gasteiger partial charge on any atom is -0.456 e. The van der Waals surface area contributed by atoms with Crippen molar-refractivity contribution in [2.24, 2.45) is 0 Å². The van der Waals surface area contributed by atoms with Gasteiger partial charge in [0.25, 0.3) is 0 Å². The minimum atomic E-state index is -3.34. The summed E-state index contributed by atoms with van der Waals surface area (Å²) in [5.41, 5.74) is -0.0197. The van der Waals surface area contributed by atoms with E-state index in [9.17, 15) is 45.3 Å². The lowest BCUT2D eigenvalue weighted by molar-refractivity contribution is -0.0314. The van der Waals surface area contributed by atoms with E-state index in [1.54, 1.807) is 0 Å². The molecule has 6 rings (SSSR count). The standard InChI is InChI=1S/2C14H7BrF4O2S.C2H6/c2*15-12-9(21-8-4-6(16)3-7(17)5-8)1-2-10-11(12)13(20)14(18,19)22-10;1-2/h2*1-5,13,20H;1-2H3. The Labute approximate surface area is 282 Å². The van der Waals surface area contributed by atoms with Gasteiger partial charge in [-0.15, -0.1) is 0 Å². The van der Waals surface area contributed by atoms with Gasteiger partial charge in [-0.05, 0) is 79.6 Å². The van der Waals surface area contributed by atoms with Crippen molar-refractivity contribution < 1.29 is 54.8 Å². The van der Waals surface area contributed by atoms with E-state index in [0.717, 1.165) is 24.3 Å². The highest BCUT2D eigenvalue weighted by Crippen LogP contribution is 2.58. The van der Waals surface area contributed by atoms with Gasteiger partial charge in [0.2, 0.25) is 0 Å². The summed E-state index contributed by atoms with van der Waals surface area (Å²) in [6, 6.07) is 10.7. The number of hydrogen-bond donors (Lipinski definition) is 2. The van der Waals surface area contributed by atoms with Crippen LogP contribution in [-0.2, 0) is 0 Å². The second-order valence-corrected chi connectivity index (χ2v) is 13.1. The second kappa shape index (κ2) is 14.3. The summed E-state index contributed by atoms with van der Waals surface area (Å²) in [6.45, 7) is 4.00. The lowest BCUT2D eigenvalue weighted by atomic mass is 10.1. The van der Waals surface area contributed by atoms with Gasteiger partial charge in [0.15, 0.2) is 12.2 Å². The van der Waals surface area contributed by atoms with Crippen LogP contribution in [0.3, 0.4) is 0 Å². The molecule has 246 valence electrons. The van der Waals surface area contributed by atoms with Crippen LogP contribution in [0.1, 0.15) is 37.2 Å². The third-order valence-corrected chi connectivity index (χ3v) is 9.79. The highest BCUT2D eigenvalue weighted by atomic mass is 79.9. The molecule has 2 heterocycles. The average Bonchev–Trinajstić information content (AvgIpc) is 3.34. The van der Waals surface area contributed by atoms with E-state index < -0.39 is 46.0 Å². The van der Waals surface area contributed by atoms with Gasteiger partial charge >= 0.3 is 10.5 Å². The van der Waals surface area contributed by atoms with Crippen LogP contribution in [-0.4, -0.2) is 20.7 Å². The summed E-state index contributed by atoms with van der Waals surface area (Å²) in [7, 11) is 0. The molecule has 0 spiro atoms. The van der Waals surface area contributed by atoms with Crippen molar-refractivity contribution in [2.75, 3.05) is 0 Å². The van der Waals surface area contributed by atoms with Gasteiger partial charge in [0, 0.05) is 57.3 Å². The first-order valence-electron chi connectivity index (χ1n) is 13.0. The molecule has 2 unspecified atom stereocenters. The fourth-order valence-corrected chi connectivity index (χ4v) is 7.64. The molecule has 2 aliphatic heterocycles. The molecular weight excluding hydrogens is 800 g/mol. The van der Waals surface area contributed by atoms with Crippen molar-refractivity contribution in [3.8, 4) is 23.0 Å². The van der Waals surface area contributed by atoms with Crippen LogP contribution in [0.2, 0.25) is 0 Å². The Morgan fingerprint density at radius 2 is 0.891 bits per heavy atom. The fraction of sp³-hybridized carbons (Fsp3) is 0.200. The van der Waals surface area contributed by atoms with E-state index in [4.69, 9.17) is 9.47 Å². The number of benzene rings is 4. The highest BCUT2D eigenvalue weighted by molar-refractivity contribution is 9.11. The Bertz CT molecular complexity index is 1600. The van der Waals surface area contributed by atoms with E-state index in [1.165, 1.54) is 24.3 Å². The van der Waals surface area contributed by atoms with Gasteiger partial charge in [0.1, 0.15) is 46.3 Å². The van der Waals surface area contributed by atoms with Crippen LogP contribution in [0.5, 0.6) is 23.0 Å². The molecule has 0 fully saturated rings. The summed E-state index contributed by atoms with van der Waals surface area (Å²) in [6.07, 6.45) is -3.98. The Morgan fingerprint density at radius 3 is 1.20 bits per heavy atom. The van der Waals surface area contributed by atoms with Crippen molar-refractivity contribution in [2.45, 2.75) is 46.4 Å². The topological polar surface area (TPSA) is 58.9 Å². The number of ether oxygens (including phenoxy) is 2. The monoisotopic (exact) mass is 818 g/mol. The van der Waals surface area contributed by atoms with Gasteiger partial charge in [-0.25, -0.2) is 17.6 Å². The maximum absolute atomic E-state index is 13.5. The molecule has 0 bridgehead atoms. The molecule has 4 aromatic rings. The number of rotatable bonds is 4. The van der Waals surface area contributed by atoms with Gasteiger partial charge in [-0.1, -0.05) is 13.8 Å². The van der Waals surface area contributed by atoms with Gasteiger partial charge in [-0.3, -0.25) is 0 Å². The number of fused-ring (bicyclic) bond motifs is 2. The summed E-state index contributed by atoms with van der Waals surface area (Å²) in [5, 5.41) is 12.7. The van der Waals surface area contributed by atoms with Crippen molar-refractivity contribution in [1.82, 2.24) is 0 Å². The molecule has 0 saturated carbocycles. The zero-order valence-corrected chi connectivity index (χ0v) is 28.0. The second-order valence-electron chi connectivity index (χ2n) is 9.13. The minimum absolute atomic E-state index is 0.00984. The van der Waals surface area contributed by atoms with Gasteiger partial charge in [-0.2, -0.15) is 17.6 Å². The number of hydrogen-bond acceptors (Lipinski definition) is 6. The van der Waals surface area contributed by atoms with E-state index in [-0.39, 0.29) is 76.4 Å². The molecule has 2 aliphatic rings. The average molecular weight is 820 g/mol. The molecule has 4 aromatic carbocycles. The highest BCUT2D eigenvalue weighted by Gasteiger charge is 2.50. The molecule has 4 nitrogen and oxygen atoms in total. The number of thioether (sulfide) groups is 2. The van der Waals surface area contributed by atoms with Gasteiger partial charge < -0.3 is 19.7 Å². The van der Waals surface area contributed by atoms with Gasteiger partial charge in [0.05, 0.1) is 8.95 Å². The number of alkyl halides is 4. The zero-order valence-electron chi connectivity index (χ0n) is 23.2. The van der Waals surface area contributed by atoms with E-state index in [2.05, 4.69) is 31.9 Å². The quantitative estimate of drug-likeness (QED) is 0.200. The number of halogens is 10. The normalized spacial score (nSPS) is 18.4. The first-order valence-corrected chi connectivity index (χ1v) is 16.2. The van der Waals surface area contributed by atoms with E-state index in [1.807, 2.05) is 13.8 Å². The van der Waals surface area contributed by atoms with Crippen molar-refractivity contribution in [1.29, 1.82) is 0 Å². The number of aliphatic hydroxyl groups excluding tert-OH is 2. The molecular formula is C30H20Br2F8O4S2. The third-order valence-electron chi connectivity index (χ3n) is 6.01. The largest absolute Gasteiger partial charge is 0.456 e. The van der Waals surface area contributed by atoms with Crippen LogP contribution in [0.25, 0.3) is 0 Å². The summed E-state index contributed by atoms with van der Waals surface area (Å²) >= 11 is 6.69. The molecule has 2 N–H and O–H groups in total. The SMILES string of the molecule is CC.OC1c2c(ccc(Oc3cc(F)cc(F)c3)c2Br)SC1(F)F.OC1c2c(ccc(Oc3cc(F)cc(F)c3)c2Br)SC1(F)F. The Balaban J connectivity index is 0.000000198. The van der Waals surface area contributed by atoms with E-state index in [0.29, 0.717) is 12.1 Å². The Hall–Kier alpha value is -2.50. The lowest BCUT2D eigenvalue weighted by Crippen LogP contribution is -2.16. The molecule has 0 aliphatic carbocycles. The molecule has 0 radical (unpaired) electrons. The number of aliphatic hydroxyl groups is 2. The summed E-state index contributed by atoms with van der Waals surface area (Å²) in [5.74, 6) is -3.40. The molecule has 16 heteroatoms. The van der Waals surface area contributed by atoms with Crippen LogP contribution < -0.4 is 9.47 Å². The van der Waals surface area contributed by atoms with Crippen molar-refractivity contribution in [3.05, 3.63) is 104 Å². The molecule has 0 amide bonds. The van der Waals surface area contributed by atoms with Crippen LogP contribution in [0.15, 0.2) is 79.4 Å². The van der Waals surface area contributed by atoms with Crippen molar-refractivity contribution >= 4 is 55.4 Å². The maximum Gasteiger partial charge on any atom is 0.327 e. The van der Waals surface area contributed by atoms with Crippen LogP contribution in [0.4, 0.5) is 35.1 Å². The third kappa shape index (κ3) is 7.79. The predicted molar refractivity (Wildman–Crippen MR) is 164 cm³/mol. The predicted octanol–water partition coefficient (Wildman–Crippen LogP) is 11.5. The maximum atomic E-state index is 13.5. The Kier molecular flexibility index (Phi) is 11.3. The summed E-state index contributed by atoms with van der Waals surface area (Å²) in [4.78, 5) is 0.421. The first-order chi connectivity index (χ1) is 21.6. The van der Waals surface area contributed by atoms with Crippen LogP contribution in [0, 0.1) is 23.3 Å². The fourth-order valence-electron chi connectivity index (χ4n) is 4.13. The molecule has 46 heavy (non-hydrogen) atoms. The van der Waals surface area contributed by atoms with E-state index >= 15 is 0 Å². The van der Waals surface area contributed by atoms with Crippen LogP contribution >= 0.6 is 55.4 Å². The lowest BCUT2D eigenvalue weighted by Gasteiger charge is -2.14. The molecule has 0 aromatic heterocycles.